The summed E-state index contributed by atoms with van der Waals surface area (Å²) in [6.07, 6.45) is 0.609. The molecule has 1 aromatic carbocycles. The minimum atomic E-state index is -1.13. The van der Waals surface area contributed by atoms with E-state index in [1.54, 1.807) is 24.3 Å². The summed E-state index contributed by atoms with van der Waals surface area (Å²) in [7, 11) is 0. The molecular formula is C15H21FN2O4. The molecule has 1 aromatic rings. The first-order valence-electron chi connectivity index (χ1n) is 7.04. The largest absolute Gasteiger partial charge is 0.481 e. The molecule has 0 spiro atoms. The highest BCUT2D eigenvalue weighted by atomic mass is 19.1. The van der Waals surface area contributed by atoms with Crippen LogP contribution in [-0.4, -0.2) is 41.4 Å². The van der Waals surface area contributed by atoms with Crippen LogP contribution in [0.4, 0.5) is 10.1 Å². The summed E-state index contributed by atoms with van der Waals surface area (Å²) in [6, 6.07) is 6.01. The Morgan fingerprint density at radius 3 is 2.27 bits per heavy atom. The maximum Gasteiger partial charge on any atom is 0.320 e. The predicted octanol–water partition coefficient (Wildman–Crippen LogP) is 1.50. The summed E-state index contributed by atoms with van der Waals surface area (Å²) in [5.74, 6) is -2.79. The number of aliphatic carboxylic acids is 2. The van der Waals surface area contributed by atoms with Gasteiger partial charge in [0.15, 0.2) is 0 Å². The van der Waals surface area contributed by atoms with Gasteiger partial charge < -0.3 is 21.3 Å². The van der Waals surface area contributed by atoms with Crippen molar-refractivity contribution in [1.29, 1.82) is 0 Å². The highest BCUT2D eigenvalue weighted by Crippen LogP contribution is 2.18. The van der Waals surface area contributed by atoms with Crippen LogP contribution in [-0.2, 0) is 16.0 Å². The molecule has 5 N–H and O–H groups in total. The molecule has 1 rings (SSSR count). The van der Waals surface area contributed by atoms with Gasteiger partial charge in [-0.05, 0) is 37.0 Å². The topological polar surface area (TPSA) is 113 Å². The number of nitrogens with one attached hydrogen (secondary N) is 1. The van der Waals surface area contributed by atoms with Crippen molar-refractivity contribution in [3.05, 3.63) is 29.8 Å². The van der Waals surface area contributed by atoms with E-state index in [0.717, 1.165) is 11.3 Å². The van der Waals surface area contributed by atoms with E-state index >= 15 is 0 Å². The number of carboxylic acids is 2. The van der Waals surface area contributed by atoms with Crippen molar-refractivity contribution in [2.75, 3.05) is 18.5 Å². The molecule has 2 atom stereocenters. The molecule has 2 unspecified atom stereocenters. The molecule has 122 valence electrons. The van der Waals surface area contributed by atoms with Crippen LogP contribution >= 0.6 is 0 Å². The molecule has 0 aliphatic carbocycles. The monoisotopic (exact) mass is 312 g/mol. The molecule has 0 bridgehead atoms. The Bertz CT molecular complexity index is 493. The molecule has 7 heteroatoms. The van der Waals surface area contributed by atoms with Gasteiger partial charge in [0.05, 0.1) is 5.92 Å². The van der Waals surface area contributed by atoms with Crippen molar-refractivity contribution >= 4 is 17.6 Å². The van der Waals surface area contributed by atoms with E-state index in [-0.39, 0.29) is 19.4 Å². The zero-order valence-electron chi connectivity index (χ0n) is 12.2. The lowest BCUT2D eigenvalue weighted by Crippen LogP contribution is -2.31. The van der Waals surface area contributed by atoms with Crippen LogP contribution in [0.1, 0.15) is 18.4 Å². The van der Waals surface area contributed by atoms with E-state index in [0.29, 0.717) is 6.42 Å². The molecule has 0 saturated heterocycles. The molecule has 0 fully saturated rings. The summed E-state index contributed by atoms with van der Waals surface area (Å²) in [4.78, 5) is 21.9. The maximum absolute atomic E-state index is 12.0. The van der Waals surface area contributed by atoms with Crippen molar-refractivity contribution in [2.24, 2.45) is 11.7 Å². The number of carboxylic acid groups (broad SMARTS) is 2. The molecule has 0 amide bonds. The van der Waals surface area contributed by atoms with Gasteiger partial charge in [-0.1, -0.05) is 12.1 Å². The highest BCUT2D eigenvalue weighted by Gasteiger charge is 2.21. The van der Waals surface area contributed by atoms with Crippen LogP contribution in [0.15, 0.2) is 24.3 Å². The van der Waals surface area contributed by atoms with E-state index in [2.05, 4.69) is 5.32 Å². The molecule has 0 aliphatic heterocycles. The predicted molar refractivity (Wildman–Crippen MR) is 80.6 cm³/mol. The third kappa shape index (κ3) is 6.09. The van der Waals surface area contributed by atoms with Gasteiger partial charge in [0.2, 0.25) is 0 Å². The Morgan fingerprint density at radius 1 is 1.14 bits per heavy atom. The van der Waals surface area contributed by atoms with Crippen LogP contribution in [0.3, 0.4) is 0 Å². The lowest BCUT2D eigenvalue weighted by molar-refractivity contribution is -0.143. The number of hydrogen-bond acceptors (Lipinski definition) is 4. The summed E-state index contributed by atoms with van der Waals surface area (Å²) in [5, 5.41) is 20.8. The van der Waals surface area contributed by atoms with Crippen molar-refractivity contribution < 1.29 is 24.2 Å². The normalized spacial score (nSPS) is 13.4. The van der Waals surface area contributed by atoms with Gasteiger partial charge >= 0.3 is 11.9 Å². The number of nitrogens with two attached hydrogens (primary N) is 1. The highest BCUT2D eigenvalue weighted by molar-refractivity contribution is 5.73. The smallest absolute Gasteiger partial charge is 0.320 e. The van der Waals surface area contributed by atoms with Gasteiger partial charge in [-0.3, -0.25) is 9.59 Å². The van der Waals surface area contributed by atoms with Crippen LogP contribution in [0.5, 0.6) is 0 Å². The number of alkyl halides is 1. The summed E-state index contributed by atoms with van der Waals surface area (Å²) < 4.78 is 12.0. The fourth-order valence-electron chi connectivity index (χ4n) is 2.05. The van der Waals surface area contributed by atoms with Crippen LogP contribution in [0.2, 0.25) is 0 Å². The average molecular weight is 312 g/mol. The first-order chi connectivity index (χ1) is 10.4. The van der Waals surface area contributed by atoms with E-state index in [4.69, 9.17) is 10.8 Å². The SMILES string of the molecule is NC(CCC(Cc1ccc(NCCF)cc1)C(=O)O)C(=O)O. The first kappa shape index (κ1) is 17.9. The number of anilines is 1. The maximum atomic E-state index is 12.0. The molecule has 0 saturated carbocycles. The molecule has 6 nitrogen and oxygen atoms in total. The van der Waals surface area contributed by atoms with Gasteiger partial charge in [0, 0.05) is 12.2 Å². The number of benzene rings is 1. The standard InChI is InChI=1S/C15H21FN2O4/c16-7-8-18-12-4-1-10(2-5-12)9-11(14(19)20)3-6-13(17)15(21)22/h1-2,4-5,11,13,18H,3,6-9,17H2,(H,19,20)(H,21,22). The van der Waals surface area contributed by atoms with Gasteiger partial charge in [0.1, 0.15) is 12.7 Å². The van der Waals surface area contributed by atoms with Crippen molar-refractivity contribution in [3.8, 4) is 0 Å². The zero-order chi connectivity index (χ0) is 16.5. The molecule has 0 radical (unpaired) electrons. The lowest BCUT2D eigenvalue weighted by atomic mass is 9.93. The Hall–Kier alpha value is -2.15. The molecule has 22 heavy (non-hydrogen) atoms. The number of rotatable bonds is 10. The number of hydrogen-bond donors (Lipinski definition) is 4. The Kier molecular flexibility index (Phi) is 7.31. The fourth-order valence-corrected chi connectivity index (χ4v) is 2.05. The second-order valence-corrected chi connectivity index (χ2v) is 5.07. The molecule has 0 heterocycles. The Morgan fingerprint density at radius 2 is 1.77 bits per heavy atom. The lowest BCUT2D eigenvalue weighted by Gasteiger charge is -2.14. The second kappa shape index (κ2) is 8.99. The number of carbonyl (C=O) groups is 2. The van der Waals surface area contributed by atoms with Gasteiger partial charge in [0.25, 0.3) is 0 Å². The molecule has 0 aromatic heterocycles. The Balaban J connectivity index is 2.59. The van der Waals surface area contributed by atoms with Crippen molar-refractivity contribution in [1.82, 2.24) is 0 Å². The third-order valence-electron chi connectivity index (χ3n) is 3.35. The van der Waals surface area contributed by atoms with E-state index in [1.165, 1.54) is 0 Å². The van der Waals surface area contributed by atoms with E-state index in [1.807, 2.05) is 0 Å². The summed E-state index contributed by atoms with van der Waals surface area (Å²) in [5.41, 5.74) is 6.98. The summed E-state index contributed by atoms with van der Waals surface area (Å²) >= 11 is 0. The minimum absolute atomic E-state index is 0.114. The molecular weight excluding hydrogens is 291 g/mol. The van der Waals surface area contributed by atoms with Crippen molar-refractivity contribution in [3.63, 3.8) is 0 Å². The van der Waals surface area contributed by atoms with Crippen LogP contribution < -0.4 is 11.1 Å². The van der Waals surface area contributed by atoms with Crippen molar-refractivity contribution in [2.45, 2.75) is 25.3 Å². The summed E-state index contributed by atoms with van der Waals surface area (Å²) in [6.45, 7) is -0.239. The zero-order valence-corrected chi connectivity index (χ0v) is 12.2. The second-order valence-electron chi connectivity index (χ2n) is 5.07. The first-order valence-corrected chi connectivity index (χ1v) is 7.04. The number of halogens is 1. The van der Waals surface area contributed by atoms with Gasteiger partial charge in [-0.2, -0.15) is 0 Å². The van der Waals surface area contributed by atoms with Crippen LogP contribution in [0.25, 0.3) is 0 Å². The quantitative estimate of drug-likeness (QED) is 0.521. The average Bonchev–Trinajstić information content (AvgIpc) is 2.49. The van der Waals surface area contributed by atoms with Gasteiger partial charge in [-0.25, -0.2) is 4.39 Å². The van der Waals surface area contributed by atoms with E-state index < -0.39 is 30.6 Å². The fraction of sp³-hybridized carbons (Fsp3) is 0.467. The molecule has 0 aliphatic rings. The van der Waals surface area contributed by atoms with Gasteiger partial charge in [-0.15, -0.1) is 0 Å². The van der Waals surface area contributed by atoms with Crippen LogP contribution in [0, 0.1) is 5.92 Å². The van der Waals surface area contributed by atoms with E-state index in [9.17, 15) is 19.1 Å². The minimum Gasteiger partial charge on any atom is -0.481 e. The third-order valence-corrected chi connectivity index (χ3v) is 3.35. The Labute approximate surface area is 128 Å².